The minimum absolute atomic E-state index is 0.598. The lowest BCUT2D eigenvalue weighted by Gasteiger charge is -2.10. The van der Waals surface area contributed by atoms with Crippen LogP contribution in [0, 0.1) is 0 Å². The molecule has 0 aliphatic heterocycles. The molecular formula is C45H27N3OS. The molecule has 0 fully saturated rings. The van der Waals surface area contributed by atoms with Crippen molar-refractivity contribution >= 4 is 53.4 Å². The van der Waals surface area contributed by atoms with Gasteiger partial charge in [0, 0.05) is 47.6 Å². The fourth-order valence-corrected chi connectivity index (χ4v) is 8.04. The van der Waals surface area contributed by atoms with E-state index in [1.54, 1.807) is 0 Å². The number of nitrogens with zero attached hydrogens (tertiary/aromatic N) is 3. The summed E-state index contributed by atoms with van der Waals surface area (Å²) in [6, 6.07) is 56.9. The Balaban J connectivity index is 1.05. The van der Waals surface area contributed by atoms with Gasteiger partial charge in [0.25, 0.3) is 0 Å². The van der Waals surface area contributed by atoms with Gasteiger partial charge in [0.15, 0.2) is 17.5 Å². The van der Waals surface area contributed by atoms with Crippen LogP contribution in [0.3, 0.4) is 0 Å². The summed E-state index contributed by atoms with van der Waals surface area (Å²) in [5, 5.41) is 4.80. The molecule has 234 valence electrons. The number of thiophene rings is 1. The first-order valence-corrected chi connectivity index (χ1v) is 17.4. The Morgan fingerprint density at radius 2 is 0.940 bits per heavy atom. The van der Waals surface area contributed by atoms with Crippen molar-refractivity contribution in [3.8, 4) is 56.4 Å². The van der Waals surface area contributed by atoms with E-state index in [0.717, 1.165) is 49.8 Å². The van der Waals surface area contributed by atoms with Gasteiger partial charge in [0.2, 0.25) is 0 Å². The highest BCUT2D eigenvalue weighted by atomic mass is 32.1. The second-order valence-electron chi connectivity index (χ2n) is 12.4. The minimum Gasteiger partial charge on any atom is -0.456 e. The molecule has 0 N–H and O–H groups in total. The van der Waals surface area contributed by atoms with Gasteiger partial charge in [-0.3, -0.25) is 0 Å². The van der Waals surface area contributed by atoms with Gasteiger partial charge >= 0.3 is 0 Å². The van der Waals surface area contributed by atoms with Gasteiger partial charge in [-0.05, 0) is 58.7 Å². The Morgan fingerprint density at radius 1 is 0.360 bits per heavy atom. The molecule has 0 atom stereocenters. The zero-order valence-corrected chi connectivity index (χ0v) is 27.6. The van der Waals surface area contributed by atoms with Crippen molar-refractivity contribution in [2.75, 3.05) is 0 Å². The second-order valence-corrected chi connectivity index (χ2v) is 13.5. The third-order valence-electron chi connectivity index (χ3n) is 9.36. The number of aromatic nitrogens is 3. The molecule has 3 heterocycles. The Kier molecular flexibility index (Phi) is 6.64. The molecule has 0 saturated heterocycles. The van der Waals surface area contributed by atoms with E-state index in [2.05, 4.69) is 109 Å². The van der Waals surface area contributed by atoms with E-state index in [1.807, 2.05) is 65.9 Å². The fourth-order valence-electron chi connectivity index (χ4n) is 6.91. The monoisotopic (exact) mass is 657 g/mol. The van der Waals surface area contributed by atoms with E-state index in [1.165, 1.54) is 31.3 Å². The van der Waals surface area contributed by atoms with Gasteiger partial charge in [0.05, 0.1) is 0 Å². The van der Waals surface area contributed by atoms with Crippen LogP contribution in [0.4, 0.5) is 0 Å². The van der Waals surface area contributed by atoms with E-state index in [9.17, 15) is 0 Å². The predicted octanol–water partition coefficient (Wildman–Crippen LogP) is 12.5. The van der Waals surface area contributed by atoms with Crippen molar-refractivity contribution in [3.05, 3.63) is 164 Å². The zero-order valence-electron chi connectivity index (χ0n) is 26.7. The van der Waals surface area contributed by atoms with E-state index in [-0.39, 0.29) is 0 Å². The molecule has 0 saturated carbocycles. The van der Waals surface area contributed by atoms with Crippen molar-refractivity contribution in [2.24, 2.45) is 0 Å². The topological polar surface area (TPSA) is 51.8 Å². The number of hydrogen-bond acceptors (Lipinski definition) is 5. The Labute approximate surface area is 292 Å². The predicted molar refractivity (Wildman–Crippen MR) is 207 cm³/mol. The van der Waals surface area contributed by atoms with Gasteiger partial charge in [-0.1, -0.05) is 127 Å². The maximum atomic E-state index is 6.21. The quantitative estimate of drug-likeness (QED) is 0.185. The molecular weight excluding hydrogens is 631 g/mol. The molecule has 3 aromatic heterocycles. The maximum absolute atomic E-state index is 6.21. The van der Waals surface area contributed by atoms with Crippen LogP contribution in [0.1, 0.15) is 0 Å². The minimum atomic E-state index is 0.598. The molecule has 10 aromatic rings. The van der Waals surface area contributed by atoms with Gasteiger partial charge in [-0.15, -0.1) is 11.3 Å². The van der Waals surface area contributed by atoms with Gasteiger partial charge < -0.3 is 4.42 Å². The number of benzene rings is 7. The standard InChI is InChI=1S/C45H27N3OS/c1-2-10-30(11-3-1)43-46-44(48-45(47-43)33-24-25-36-35-14-4-6-17-38(35)49-39(36)27-33)32-13-8-12-31(26-32)28-20-22-29(23-21-28)34-16-9-19-41-42(34)37-15-5-7-18-40(37)50-41/h1-27H. The lowest BCUT2D eigenvalue weighted by Crippen LogP contribution is -2.00. The molecule has 0 radical (unpaired) electrons. The average Bonchev–Trinajstić information content (AvgIpc) is 3.76. The van der Waals surface area contributed by atoms with E-state index < -0.39 is 0 Å². The Hall–Kier alpha value is -6.43. The third kappa shape index (κ3) is 4.87. The molecule has 4 nitrogen and oxygen atoms in total. The fraction of sp³-hybridized carbons (Fsp3) is 0. The summed E-state index contributed by atoms with van der Waals surface area (Å²) in [4.78, 5) is 15.0. The van der Waals surface area contributed by atoms with E-state index in [4.69, 9.17) is 19.4 Å². The Morgan fingerprint density at radius 3 is 1.78 bits per heavy atom. The van der Waals surface area contributed by atoms with E-state index in [0.29, 0.717) is 17.5 Å². The van der Waals surface area contributed by atoms with Crippen molar-refractivity contribution in [1.82, 2.24) is 15.0 Å². The lowest BCUT2D eigenvalue weighted by atomic mass is 9.96. The third-order valence-corrected chi connectivity index (χ3v) is 10.5. The molecule has 0 aliphatic rings. The largest absolute Gasteiger partial charge is 0.456 e. The number of fused-ring (bicyclic) bond motifs is 6. The van der Waals surface area contributed by atoms with Crippen LogP contribution in [0.15, 0.2) is 168 Å². The lowest BCUT2D eigenvalue weighted by molar-refractivity contribution is 0.669. The number of furan rings is 1. The van der Waals surface area contributed by atoms with Crippen LogP contribution < -0.4 is 0 Å². The molecule has 10 rings (SSSR count). The smallest absolute Gasteiger partial charge is 0.164 e. The molecule has 50 heavy (non-hydrogen) atoms. The van der Waals surface area contributed by atoms with Gasteiger partial charge in [-0.2, -0.15) is 0 Å². The first-order valence-electron chi connectivity index (χ1n) is 16.6. The van der Waals surface area contributed by atoms with Crippen molar-refractivity contribution < 1.29 is 4.42 Å². The molecule has 0 bridgehead atoms. The Bertz CT molecular complexity index is 2870. The van der Waals surface area contributed by atoms with Crippen LogP contribution in [-0.4, -0.2) is 15.0 Å². The number of para-hydroxylation sites is 1. The summed E-state index contributed by atoms with van der Waals surface area (Å²) in [7, 11) is 0. The van der Waals surface area contributed by atoms with Crippen molar-refractivity contribution in [3.63, 3.8) is 0 Å². The molecule has 5 heteroatoms. The molecule has 7 aromatic carbocycles. The first-order chi connectivity index (χ1) is 24.7. The molecule has 0 aliphatic carbocycles. The summed E-state index contributed by atoms with van der Waals surface area (Å²) >= 11 is 1.85. The van der Waals surface area contributed by atoms with Crippen LogP contribution in [0.5, 0.6) is 0 Å². The van der Waals surface area contributed by atoms with Crippen LogP contribution >= 0.6 is 11.3 Å². The average molecular weight is 658 g/mol. The summed E-state index contributed by atoms with van der Waals surface area (Å²) in [5.41, 5.74) is 9.09. The number of rotatable bonds is 5. The first kappa shape index (κ1) is 28.6. The van der Waals surface area contributed by atoms with Crippen LogP contribution in [0.2, 0.25) is 0 Å². The SMILES string of the molecule is c1ccc(-c2nc(-c3cccc(-c4ccc(-c5cccc6sc7ccccc7c56)cc4)c3)nc(-c3ccc4c(c3)oc3ccccc34)n2)cc1. The summed E-state index contributed by atoms with van der Waals surface area (Å²) in [6.45, 7) is 0. The van der Waals surface area contributed by atoms with Gasteiger partial charge in [0.1, 0.15) is 11.2 Å². The molecule has 0 spiro atoms. The number of hydrogen-bond donors (Lipinski definition) is 0. The normalized spacial score (nSPS) is 11.6. The molecule has 0 amide bonds. The van der Waals surface area contributed by atoms with E-state index >= 15 is 0 Å². The highest BCUT2D eigenvalue weighted by Crippen LogP contribution is 2.40. The van der Waals surface area contributed by atoms with Crippen molar-refractivity contribution in [1.29, 1.82) is 0 Å². The summed E-state index contributed by atoms with van der Waals surface area (Å²) < 4.78 is 8.84. The zero-order chi connectivity index (χ0) is 33.0. The summed E-state index contributed by atoms with van der Waals surface area (Å²) in [6.07, 6.45) is 0. The van der Waals surface area contributed by atoms with Gasteiger partial charge in [-0.25, -0.2) is 15.0 Å². The maximum Gasteiger partial charge on any atom is 0.164 e. The van der Waals surface area contributed by atoms with Crippen LogP contribution in [0.25, 0.3) is 98.5 Å². The highest BCUT2D eigenvalue weighted by Gasteiger charge is 2.16. The van der Waals surface area contributed by atoms with Crippen molar-refractivity contribution in [2.45, 2.75) is 0 Å². The highest BCUT2D eigenvalue weighted by molar-refractivity contribution is 7.25. The molecule has 0 unspecified atom stereocenters. The van der Waals surface area contributed by atoms with Crippen LogP contribution in [-0.2, 0) is 0 Å². The second kappa shape index (κ2) is 11.6. The summed E-state index contributed by atoms with van der Waals surface area (Å²) in [5.74, 6) is 1.84.